The molecule has 6 nitrogen and oxygen atoms in total. The number of hydrogen-bond acceptors (Lipinski definition) is 3. The van der Waals surface area contributed by atoms with Crippen molar-refractivity contribution >= 4 is 5.96 Å². The van der Waals surface area contributed by atoms with Crippen molar-refractivity contribution in [3.8, 4) is 5.69 Å². The molecule has 0 bridgehead atoms. The summed E-state index contributed by atoms with van der Waals surface area (Å²) in [7, 11) is 0. The van der Waals surface area contributed by atoms with Gasteiger partial charge >= 0.3 is 0 Å². The number of aliphatic imine (C=N–C) groups is 1. The van der Waals surface area contributed by atoms with Gasteiger partial charge in [0, 0.05) is 18.5 Å². The Morgan fingerprint density at radius 3 is 2.50 bits per heavy atom. The minimum atomic E-state index is 0.261. The van der Waals surface area contributed by atoms with E-state index >= 15 is 0 Å². The van der Waals surface area contributed by atoms with Crippen LogP contribution in [0.4, 0.5) is 0 Å². The Hall–Kier alpha value is -3.15. The SMILES string of the molecule is CCNC(=NCc1ccc(-n2cncn2)cc1)NCC1(c2ccccc2)CC1. The molecule has 1 saturated carbocycles. The molecule has 0 amide bonds. The molecule has 3 aromatic rings. The van der Waals surface area contributed by atoms with Crippen molar-refractivity contribution < 1.29 is 0 Å². The minimum Gasteiger partial charge on any atom is -0.357 e. The second kappa shape index (κ2) is 8.25. The van der Waals surface area contributed by atoms with E-state index in [1.165, 1.54) is 24.7 Å². The number of hydrogen-bond donors (Lipinski definition) is 2. The van der Waals surface area contributed by atoms with Crippen LogP contribution in [0.2, 0.25) is 0 Å². The van der Waals surface area contributed by atoms with E-state index in [0.717, 1.165) is 30.3 Å². The number of nitrogens with zero attached hydrogens (tertiary/aromatic N) is 4. The maximum atomic E-state index is 4.76. The lowest BCUT2D eigenvalue weighted by Gasteiger charge is -2.19. The summed E-state index contributed by atoms with van der Waals surface area (Å²) in [6.07, 6.45) is 5.69. The fourth-order valence-electron chi connectivity index (χ4n) is 3.37. The monoisotopic (exact) mass is 374 g/mol. The first-order chi connectivity index (χ1) is 13.8. The largest absolute Gasteiger partial charge is 0.357 e. The molecule has 2 N–H and O–H groups in total. The molecular formula is C22H26N6. The quantitative estimate of drug-likeness (QED) is 0.493. The summed E-state index contributed by atoms with van der Waals surface area (Å²) in [6.45, 7) is 4.48. The van der Waals surface area contributed by atoms with E-state index in [1.807, 2.05) is 12.1 Å². The summed E-state index contributed by atoms with van der Waals surface area (Å²) >= 11 is 0. The van der Waals surface area contributed by atoms with Crippen molar-refractivity contribution in [2.24, 2.45) is 4.99 Å². The van der Waals surface area contributed by atoms with Gasteiger partial charge in [-0.25, -0.2) is 14.7 Å². The fourth-order valence-corrected chi connectivity index (χ4v) is 3.37. The van der Waals surface area contributed by atoms with Gasteiger partial charge in [0.2, 0.25) is 0 Å². The number of nitrogens with one attached hydrogen (secondary N) is 2. The highest BCUT2D eigenvalue weighted by Crippen LogP contribution is 2.47. The Balaban J connectivity index is 1.38. The molecule has 1 aliphatic rings. The zero-order chi connectivity index (χ0) is 19.2. The highest BCUT2D eigenvalue weighted by molar-refractivity contribution is 5.80. The Morgan fingerprint density at radius 1 is 1.07 bits per heavy atom. The summed E-state index contributed by atoms with van der Waals surface area (Å²) in [4.78, 5) is 8.74. The lowest BCUT2D eigenvalue weighted by atomic mass is 9.96. The van der Waals surface area contributed by atoms with E-state index in [9.17, 15) is 0 Å². The molecule has 4 rings (SSSR count). The van der Waals surface area contributed by atoms with Gasteiger partial charge in [0.25, 0.3) is 0 Å². The summed E-state index contributed by atoms with van der Waals surface area (Å²) in [5.74, 6) is 0.866. The van der Waals surface area contributed by atoms with Crippen LogP contribution < -0.4 is 10.6 Å². The van der Waals surface area contributed by atoms with E-state index in [0.29, 0.717) is 6.54 Å². The van der Waals surface area contributed by atoms with E-state index in [1.54, 1.807) is 11.0 Å². The Labute approximate surface area is 165 Å². The van der Waals surface area contributed by atoms with Crippen LogP contribution >= 0.6 is 0 Å². The third kappa shape index (κ3) is 4.22. The van der Waals surface area contributed by atoms with Gasteiger partial charge in [-0.05, 0) is 43.0 Å². The van der Waals surface area contributed by atoms with Crippen LogP contribution in [0.1, 0.15) is 30.9 Å². The van der Waals surface area contributed by atoms with Crippen LogP contribution in [0.3, 0.4) is 0 Å². The second-order valence-electron chi connectivity index (χ2n) is 7.20. The molecule has 0 spiro atoms. The Morgan fingerprint density at radius 2 is 1.86 bits per heavy atom. The summed E-state index contributed by atoms with van der Waals surface area (Å²) in [6, 6.07) is 19.0. The number of benzene rings is 2. The van der Waals surface area contributed by atoms with Gasteiger partial charge in [0.15, 0.2) is 5.96 Å². The first-order valence-corrected chi connectivity index (χ1v) is 9.81. The van der Waals surface area contributed by atoms with Crippen molar-refractivity contribution in [3.05, 3.63) is 78.4 Å². The van der Waals surface area contributed by atoms with Crippen LogP contribution in [-0.4, -0.2) is 33.8 Å². The van der Waals surface area contributed by atoms with Gasteiger partial charge in [-0.15, -0.1) is 0 Å². The van der Waals surface area contributed by atoms with Gasteiger partial charge in [-0.1, -0.05) is 42.5 Å². The van der Waals surface area contributed by atoms with Crippen LogP contribution in [0.5, 0.6) is 0 Å². The zero-order valence-corrected chi connectivity index (χ0v) is 16.2. The van der Waals surface area contributed by atoms with Crippen molar-refractivity contribution in [2.75, 3.05) is 13.1 Å². The predicted molar refractivity (Wildman–Crippen MR) is 112 cm³/mol. The fraction of sp³-hybridized carbons (Fsp3) is 0.318. The normalized spacial score (nSPS) is 15.2. The first kappa shape index (κ1) is 18.2. The molecule has 144 valence electrons. The third-order valence-electron chi connectivity index (χ3n) is 5.22. The number of guanidine groups is 1. The summed E-state index contributed by atoms with van der Waals surface area (Å²) in [5.41, 5.74) is 3.83. The molecule has 6 heteroatoms. The molecular weight excluding hydrogens is 348 g/mol. The van der Waals surface area contributed by atoms with Crippen molar-refractivity contribution in [1.82, 2.24) is 25.4 Å². The third-order valence-corrected chi connectivity index (χ3v) is 5.22. The molecule has 1 aliphatic carbocycles. The van der Waals surface area contributed by atoms with E-state index < -0.39 is 0 Å². The Bertz CT molecular complexity index is 896. The molecule has 0 atom stereocenters. The second-order valence-corrected chi connectivity index (χ2v) is 7.20. The number of aromatic nitrogens is 3. The van der Waals surface area contributed by atoms with Crippen molar-refractivity contribution in [3.63, 3.8) is 0 Å². The average molecular weight is 374 g/mol. The standard InChI is InChI=1S/C22H26N6/c1-2-24-21(26-15-22(12-13-22)19-6-4-3-5-7-19)25-14-18-8-10-20(11-9-18)28-17-23-16-27-28/h3-11,16-17H,2,12-15H2,1H3,(H2,24,25,26). The molecule has 0 saturated heterocycles. The molecule has 28 heavy (non-hydrogen) atoms. The maximum absolute atomic E-state index is 4.76. The topological polar surface area (TPSA) is 67.1 Å². The molecule has 0 aliphatic heterocycles. The van der Waals surface area contributed by atoms with Gasteiger partial charge in [0.05, 0.1) is 12.2 Å². The number of rotatable bonds is 7. The molecule has 2 aromatic carbocycles. The van der Waals surface area contributed by atoms with Crippen molar-refractivity contribution in [2.45, 2.75) is 31.7 Å². The van der Waals surface area contributed by atoms with Crippen LogP contribution in [0.15, 0.2) is 72.2 Å². The highest BCUT2D eigenvalue weighted by atomic mass is 15.3. The Kier molecular flexibility index (Phi) is 5.37. The first-order valence-electron chi connectivity index (χ1n) is 9.81. The predicted octanol–water partition coefficient (Wildman–Crippen LogP) is 3.05. The maximum Gasteiger partial charge on any atom is 0.191 e. The average Bonchev–Trinajstić information content (AvgIpc) is 3.34. The lowest BCUT2D eigenvalue weighted by molar-refractivity contribution is 0.646. The molecule has 0 unspecified atom stereocenters. The molecule has 1 heterocycles. The smallest absolute Gasteiger partial charge is 0.191 e. The van der Waals surface area contributed by atoms with Crippen LogP contribution in [0, 0.1) is 0 Å². The van der Waals surface area contributed by atoms with Crippen molar-refractivity contribution in [1.29, 1.82) is 0 Å². The van der Waals surface area contributed by atoms with Crippen LogP contribution in [0.25, 0.3) is 5.69 Å². The van der Waals surface area contributed by atoms with Gasteiger partial charge < -0.3 is 10.6 Å². The van der Waals surface area contributed by atoms with Gasteiger partial charge in [-0.3, -0.25) is 0 Å². The van der Waals surface area contributed by atoms with Gasteiger partial charge in [0.1, 0.15) is 12.7 Å². The highest BCUT2D eigenvalue weighted by Gasteiger charge is 2.43. The van der Waals surface area contributed by atoms with Crippen LogP contribution in [-0.2, 0) is 12.0 Å². The van der Waals surface area contributed by atoms with Gasteiger partial charge in [-0.2, -0.15) is 5.10 Å². The molecule has 0 radical (unpaired) electrons. The zero-order valence-electron chi connectivity index (χ0n) is 16.2. The van der Waals surface area contributed by atoms with E-state index in [2.05, 4.69) is 70.1 Å². The lowest BCUT2D eigenvalue weighted by Crippen LogP contribution is -2.41. The van der Waals surface area contributed by atoms with E-state index in [4.69, 9.17) is 4.99 Å². The summed E-state index contributed by atoms with van der Waals surface area (Å²) < 4.78 is 1.75. The molecule has 1 fully saturated rings. The summed E-state index contributed by atoms with van der Waals surface area (Å²) in [5, 5.41) is 11.0. The van der Waals surface area contributed by atoms with E-state index in [-0.39, 0.29) is 5.41 Å². The molecule has 1 aromatic heterocycles. The minimum absolute atomic E-state index is 0.261.